The fraction of sp³-hybridized carbons (Fsp3) is 0.0625. The largest absolute Gasteiger partial charge is 0.392 e. The van der Waals surface area contributed by atoms with Crippen molar-refractivity contribution in [2.24, 2.45) is 5.73 Å². The van der Waals surface area contributed by atoms with Crippen molar-refractivity contribution < 1.29 is 9.90 Å². The van der Waals surface area contributed by atoms with Crippen LogP contribution in [0.25, 0.3) is 22.4 Å². The Kier molecular flexibility index (Phi) is 3.67. The summed E-state index contributed by atoms with van der Waals surface area (Å²) in [6, 6.07) is 15.0. The number of hydrogen-bond donors (Lipinski definition) is 3. The summed E-state index contributed by atoms with van der Waals surface area (Å²) in [4.78, 5) is 11.5. The number of carbonyl (C=O) groups excluding carboxylic acids is 1. The Bertz CT molecular complexity index is 826. The number of aromatic amines is 1. The number of nitrogens with zero attached hydrogens (tertiary/aromatic N) is 2. The number of aromatic nitrogens is 3. The molecule has 0 atom stereocenters. The zero-order valence-electron chi connectivity index (χ0n) is 11.7. The van der Waals surface area contributed by atoms with Crippen LogP contribution >= 0.6 is 0 Å². The first-order chi connectivity index (χ1) is 10.7. The van der Waals surface area contributed by atoms with Crippen molar-refractivity contribution in [2.75, 3.05) is 0 Å². The van der Waals surface area contributed by atoms with Crippen LogP contribution in [0.5, 0.6) is 0 Å². The van der Waals surface area contributed by atoms with Gasteiger partial charge in [0, 0.05) is 5.56 Å². The first kappa shape index (κ1) is 14.0. The molecule has 3 aromatic rings. The van der Waals surface area contributed by atoms with Gasteiger partial charge in [-0.3, -0.25) is 4.79 Å². The topological polar surface area (TPSA) is 105 Å². The number of benzene rings is 2. The lowest BCUT2D eigenvalue weighted by Crippen LogP contribution is -2.13. The Morgan fingerprint density at radius 3 is 2.32 bits per heavy atom. The van der Waals surface area contributed by atoms with Crippen molar-refractivity contribution >= 4 is 5.91 Å². The molecule has 0 aliphatic rings. The van der Waals surface area contributed by atoms with Crippen molar-refractivity contribution in [1.29, 1.82) is 0 Å². The van der Waals surface area contributed by atoms with E-state index in [0.29, 0.717) is 5.69 Å². The van der Waals surface area contributed by atoms with E-state index in [2.05, 4.69) is 15.4 Å². The fourth-order valence-corrected chi connectivity index (χ4v) is 2.44. The zero-order valence-corrected chi connectivity index (χ0v) is 11.7. The second-order valence-electron chi connectivity index (χ2n) is 4.75. The molecule has 6 nitrogen and oxygen atoms in total. The average Bonchev–Trinajstić information content (AvgIpc) is 3.04. The van der Waals surface area contributed by atoms with Crippen molar-refractivity contribution in [3.05, 3.63) is 59.8 Å². The molecular formula is C16H14N4O2. The van der Waals surface area contributed by atoms with Crippen LogP contribution < -0.4 is 5.73 Å². The van der Waals surface area contributed by atoms with Crippen LogP contribution in [0.3, 0.4) is 0 Å². The van der Waals surface area contributed by atoms with E-state index in [1.54, 1.807) is 0 Å². The quantitative estimate of drug-likeness (QED) is 0.681. The molecule has 0 unspecified atom stereocenters. The Balaban J connectivity index is 2.23. The van der Waals surface area contributed by atoms with Crippen LogP contribution in [0.15, 0.2) is 48.5 Å². The third-order valence-corrected chi connectivity index (χ3v) is 3.44. The number of hydrogen-bond acceptors (Lipinski definition) is 4. The molecule has 0 aliphatic carbocycles. The first-order valence-electron chi connectivity index (χ1n) is 6.71. The smallest absolute Gasteiger partial charge is 0.271 e. The molecule has 22 heavy (non-hydrogen) atoms. The van der Waals surface area contributed by atoms with Gasteiger partial charge in [0.1, 0.15) is 5.69 Å². The summed E-state index contributed by atoms with van der Waals surface area (Å²) >= 11 is 0. The van der Waals surface area contributed by atoms with Gasteiger partial charge < -0.3 is 10.8 Å². The number of carbonyl (C=O) groups is 1. The Morgan fingerprint density at radius 2 is 1.64 bits per heavy atom. The molecule has 1 amide bonds. The molecule has 0 fully saturated rings. The van der Waals surface area contributed by atoms with Crippen LogP contribution in [0.1, 0.15) is 16.1 Å². The van der Waals surface area contributed by atoms with Crippen molar-refractivity contribution in [2.45, 2.75) is 6.61 Å². The Labute approximate surface area is 126 Å². The molecule has 0 saturated heterocycles. The highest BCUT2D eigenvalue weighted by Gasteiger charge is 2.19. The van der Waals surface area contributed by atoms with Gasteiger partial charge in [0.25, 0.3) is 5.91 Å². The molecule has 6 heteroatoms. The molecule has 0 aliphatic heterocycles. The molecule has 0 spiro atoms. The summed E-state index contributed by atoms with van der Waals surface area (Å²) in [6.45, 7) is -0.0774. The first-order valence-corrected chi connectivity index (χ1v) is 6.71. The van der Waals surface area contributed by atoms with E-state index >= 15 is 0 Å². The predicted molar refractivity (Wildman–Crippen MR) is 81.7 cm³/mol. The summed E-state index contributed by atoms with van der Waals surface area (Å²) in [6.07, 6.45) is 0. The van der Waals surface area contributed by atoms with E-state index in [1.165, 1.54) is 0 Å². The molecule has 4 N–H and O–H groups in total. The number of nitrogens with two attached hydrogens (primary N) is 1. The monoisotopic (exact) mass is 294 g/mol. The third-order valence-electron chi connectivity index (χ3n) is 3.44. The van der Waals surface area contributed by atoms with E-state index in [9.17, 15) is 9.90 Å². The Morgan fingerprint density at radius 1 is 1.00 bits per heavy atom. The van der Waals surface area contributed by atoms with E-state index in [1.807, 2.05) is 48.5 Å². The van der Waals surface area contributed by atoms with Crippen LogP contribution in [0.2, 0.25) is 0 Å². The molecule has 2 aromatic carbocycles. The number of aliphatic hydroxyl groups is 1. The number of amides is 1. The van der Waals surface area contributed by atoms with Gasteiger partial charge in [0.05, 0.1) is 6.61 Å². The highest BCUT2D eigenvalue weighted by atomic mass is 16.3. The van der Waals surface area contributed by atoms with Gasteiger partial charge in [-0.15, -0.1) is 0 Å². The number of rotatable bonds is 4. The normalized spacial score (nSPS) is 10.6. The summed E-state index contributed by atoms with van der Waals surface area (Å²) in [5, 5.41) is 19.8. The lowest BCUT2D eigenvalue weighted by molar-refractivity contribution is 0.0996. The maximum absolute atomic E-state index is 11.5. The lowest BCUT2D eigenvalue weighted by atomic mass is 9.93. The van der Waals surface area contributed by atoms with Gasteiger partial charge in [0.2, 0.25) is 0 Å². The summed E-state index contributed by atoms with van der Waals surface area (Å²) in [5.41, 5.74) is 9.07. The van der Waals surface area contributed by atoms with Gasteiger partial charge in [-0.1, -0.05) is 48.5 Å². The lowest BCUT2D eigenvalue weighted by Gasteiger charge is -2.11. The average molecular weight is 294 g/mol. The van der Waals surface area contributed by atoms with E-state index in [4.69, 9.17) is 5.73 Å². The second-order valence-corrected chi connectivity index (χ2v) is 4.75. The minimum absolute atomic E-state index is 0.0774. The maximum atomic E-state index is 11.5. The highest BCUT2D eigenvalue weighted by molar-refractivity contribution is 5.99. The minimum atomic E-state index is -0.644. The van der Waals surface area contributed by atoms with Crippen LogP contribution in [-0.2, 0) is 6.61 Å². The molecule has 0 radical (unpaired) electrons. The van der Waals surface area contributed by atoms with Gasteiger partial charge in [0.15, 0.2) is 5.69 Å². The van der Waals surface area contributed by atoms with Crippen molar-refractivity contribution in [1.82, 2.24) is 15.4 Å². The fourth-order valence-electron chi connectivity index (χ4n) is 2.44. The predicted octanol–water partition coefficient (Wildman–Crippen LogP) is 1.73. The number of primary amides is 1. The zero-order chi connectivity index (χ0) is 15.5. The number of aliphatic hydroxyl groups excluding tert-OH is 1. The van der Waals surface area contributed by atoms with Crippen LogP contribution in [0, 0.1) is 0 Å². The standard InChI is InChI=1S/C16H14N4O2/c17-16(22)15-14(18-20-19-15)13-8-4-3-7-12(13)11-6-2-1-5-10(11)9-21/h1-8,21H,9H2,(H2,17,22)(H,18,19,20). The van der Waals surface area contributed by atoms with Crippen molar-refractivity contribution in [3.8, 4) is 22.4 Å². The summed E-state index contributed by atoms with van der Waals surface area (Å²) < 4.78 is 0. The maximum Gasteiger partial charge on any atom is 0.271 e. The number of H-pyrrole nitrogens is 1. The second kappa shape index (κ2) is 5.79. The van der Waals surface area contributed by atoms with Gasteiger partial charge >= 0.3 is 0 Å². The Hall–Kier alpha value is -2.99. The molecule has 1 heterocycles. The SMILES string of the molecule is NC(=O)c1n[nH]nc1-c1ccccc1-c1ccccc1CO. The van der Waals surface area contributed by atoms with Crippen LogP contribution in [-0.4, -0.2) is 26.4 Å². The van der Waals surface area contributed by atoms with E-state index in [0.717, 1.165) is 22.3 Å². The van der Waals surface area contributed by atoms with Gasteiger partial charge in [-0.25, -0.2) is 0 Å². The molecular weight excluding hydrogens is 280 g/mol. The molecule has 1 aromatic heterocycles. The van der Waals surface area contributed by atoms with Gasteiger partial charge in [-0.2, -0.15) is 15.4 Å². The van der Waals surface area contributed by atoms with E-state index in [-0.39, 0.29) is 12.3 Å². The summed E-state index contributed by atoms with van der Waals surface area (Å²) in [7, 11) is 0. The van der Waals surface area contributed by atoms with Crippen molar-refractivity contribution in [3.63, 3.8) is 0 Å². The van der Waals surface area contributed by atoms with Crippen LogP contribution in [0.4, 0.5) is 0 Å². The molecule has 110 valence electrons. The third kappa shape index (κ3) is 2.36. The molecule has 3 rings (SSSR count). The molecule has 0 saturated carbocycles. The number of nitrogens with one attached hydrogen (secondary N) is 1. The summed E-state index contributed by atoms with van der Waals surface area (Å²) in [5.74, 6) is -0.644. The highest BCUT2D eigenvalue weighted by Crippen LogP contribution is 2.33. The van der Waals surface area contributed by atoms with E-state index < -0.39 is 5.91 Å². The van der Waals surface area contributed by atoms with Gasteiger partial charge in [-0.05, 0) is 16.7 Å². The minimum Gasteiger partial charge on any atom is -0.392 e. The molecule has 0 bridgehead atoms.